The van der Waals surface area contributed by atoms with Crippen molar-refractivity contribution in [3.63, 3.8) is 0 Å². The average Bonchev–Trinajstić information content (AvgIpc) is 2.32. The van der Waals surface area contributed by atoms with Gasteiger partial charge in [0.1, 0.15) is 16.4 Å². The van der Waals surface area contributed by atoms with Crippen molar-refractivity contribution in [3.05, 3.63) is 18.2 Å². The number of hydrogen-bond donors (Lipinski definition) is 3. The summed E-state index contributed by atoms with van der Waals surface area (Å²) in [5.74, 6) is -3.00. The van der Waals surface area contributed by atoms with Crippen LogP contribution in [0.5, 0.6) is 11.5 Å². The van der Waals surface area contributed by atoms with Gasteiger partial charge in [0.25, 0.3) is 10.1 Å². The molecule has 0 fully saturated rings. The van der Waals surface area contributed by atoms with E-state index < -0.39 is 40.2 Å². The van der Waals surface area contributed by atoms with Crippen LogP contribution in [0.25, 0.3) is 0 Å². The molecule has 1 aromatic carbocycles. The van der Waals surface area contributed by atoms with E-state index in [0.717, 1.165) is 18.2 Å². The molecule has 0 bridgehead atoms. The first kappa shape index (κ1) is 19.7. The van der Waals surface area contributed by atoms with Gasteiger partial charge in [0.15, 0.2) is 13.2 Å². The largest absolute Gasteiger partial charge is 1.00 e. The SMILES string of the molecule is O=C(O)COc1cc(OCC(=O)O)cc(S(=O)(=O)O)c1.[H-].[Na+]. The summed E-state index contributed by atoms with van der Waals surface area (Å²) >= 11 is 0. The second kappa shape index (κ2) is 8.20. The van der Waals surface area contributed by atoms with Gasteiger partial charge in [0, 0.05) is 18.2 Å². The molecule has 3 N–H and O–H groups in total. The molecule has 0 aliphatic heterocycles. The predicted molar refractivity (Wildman–Crippen MR) is 63.6 cm³/mol. The number of carboxylic acid groups (broad SMARTS) is 2. The van der Waals surface area contributed by atoms with E-state index in [4.69, 9.17) is 24.2 Å². The summed E-state index contributed by atoms with van der Waals surface area (Å²) in [6, 6.07) is 2.86. The van der Waals surface area contributed by atoms with Crippen LogP contribution in [0.4, 0.5) is 0 Å². The van der Waals surface area contributed by atoms with Crippen molar-refractivity contribution >= 4 is 22.1 Å². The Balaban J connectivity index is 0. The van der Waals surface area contributed by atoms with Crippen LogP contribution in [0.2, 0.25) is 0 Å². The van der Waals surface area contributed by atoms with Gasteiger partial charge in [0.05, 0.1) is 0 Å². The van der Waals surface area contributed by atoms with Crippen molar-refractivity contribution in [1.82, 2.24) is 0 Å². The second-order valence-electron chi connectivity index (χ2n) is 3.48. The van der Waals surface area contributed by atoms with Crippen LogP contribution in [0.3, 0.4) is 0 Å². The van der Waals surface area contributed by atoms with Crippen molar-refractivity contribution in [2.45, 2.75) is 4.90 Å². The molecule has 0 amide bonds. The Hall–Kier alpha value is -1.33. The van der Waals surface area contributed by atoms with Crippen molar-refractivity contribution in [1.29, 1.82) is 0 Å². The van der Waals surface area contributed by atoms with Crippen molar-refractivity contribution < 1.29 is 73.2 Å². The Morgan fingerprint density at radius 2 is 1.38 bits per heavy atom. The second-order valence-corrected chi connectivity index (χ2v) is 4.90. The molecule has 21 heavy (non-hydrogen) atoms. The number of hydrogen-bond acceptors (Lipinski definition) is 6. The molecule has 0 aliphatic carbocycles. The monoisotopic (exact) mass is 330 g/mol. The Kier molecular flexibility index (Phi) is 7.68. The Morgan fingerprint density at radius 3 is 1.67 bits per heavy atom. The van der Waals surface area contributed by atoms with E-state index in [-0.39, 0.29) is 42.5 Å². The smallest absolute Gasteiger partial charge is 1.00 e. The summed E-state index contributed by atoms with van der Waals surface area (Å²) in [4.78, 5) is 20.1. The number of benzene rings is 1. The maximum absolute atomic E-state index is 11.0. The summed E-state index contributed by atoms with van der Waals surface area (Å²) in [7, 11) is -4.58. The molecular formula is C10H11NaO9S. The van der Waals surface area contributed by atoms with Crippen molar-refractivity contribution in [2.75, 3.05) is 13.2 Å². The number of ether oxygens (including phenoxy) is 2. The van der Waals surface area contributed by atoms with Crippen LogP contribution in [0, 0.1) is 0 Å². The third-order valence-corrected chi connectivity index (χ3v) is 2.71. The molecule has 1 rings (SSSR count). The van der Waals surface area contributed by atoms with Gasteiger partial charge in [-0.05, 0) is 0 Å². The third-order valence-electron chi connectivity index (χ3n) is 1.88. The zero-order chi connectivity index (χ0) is 15.3. The molecule has 0 saturated heterocycles. The van der Waals surface area contributed by atoms with Crippen LogP contribution in [0.1, 0.15) is 1.43 Å². The Morgan fingerprint density at radius 1 is 1.00 bits per heavy atom. The molecule has 0 heterocycles. The zero-order valence-corrected chi connectivity index (χ0v) is 13.7. The van der Waals surface area contributed by atoms with Crippen LogP contribution < -0.4 is 39.0 Å². The number of carbonyl (C=O) groups is 2. The van der Waals surface area contributed by atoms with Gasteiger partial charge in [-0.2, -0.15) is 8.42 Å². The van der Waals surface area contributed by atoms with Crippen molar-refractivity contribution in [2.24, 2.45) is 0 Å². The summed E-state index contributed by atoms with van der Waals surface area (Å²) in [5, 5.41) is 16.9. The first-order chi connectivity index (χ1) is 9.18. The number of carboxylic acids is 2. The van der Waals surface area contributed by atoms with Gasteiger partial charge in [-0.15, -0.1) is 0 Å². The maximum atomic E-state index is 11.0. The van der Waals surface area contributed by atoms with E-state index in [1.807, 2.05) is 0 Å². The summed E-state index contributed by atoms with van der Waals surface area (Å²) in [6.07, 6.45) is 0. The molecule has 0 atom stereocenters. The fourth-order valence-corrected chi connectivity index (χ4v) is 1.68. The predicted octanol–water partition coefficient (Wildman–Crippen LogP) is -3.02. The zero-order valence-electron chi connectivity index (χ0n) is 11.8. The Bertz CT molecular complexity index is 595. The standard InChI is InChI=1S/C10H10O9S.Na.H/c11-9(12)4-18-6-1-7(19-5-10(13)14)3-8(2-6)20(15,16)17;;/h1-3H,4-5H2,(H,11,12)(H,13,14)(H,15,16,17);;/q;+1;-1. The minimum Gasteiger partial charge on any atom is -1.00 e. The van der Waals surface area contributed by atoms with Crippen LogP contribution in [0.15, 0.2) is 23.1 Å². The summed E-state index contributed by atoms with van der Waals surface area (Å²) in [5.41, 5.74) is 0. The Labute approximate surface area is 143 Å². The first-order valence-electron chi connectivity index (χ1n) is 5.00. The normalized spacial score (nSPS) is 10.3. The topological polar surface area (TPSA) is 147 Å². The molecule has 0 aliphatic rings. The van der Waals surface area contributed by atoms with Gasteiger partial charge in [-0.25, -0.2) is 9.59 Å². The van der Waals surface area contributed by atoms with E-state index in [1.165, 1.54) is 0 Å². The average molecular weight is 330 g/mol. The molecule has 0 aromatic heterocycles. The van der Waals surface area contributed by atoms with Gasteiger partial charge in [0.2, 0.25) is 0 Å². The minimum atomic E-state index is -4.58. The molecule has 11 heteroatoms. The van der Waals surface area contributed by atoms with E-state index in [0.29, 0.717) is 0 Å². The molecule has 0 unspecified atom stereocenters. The molecule has 9 nitrogen and oxygen atoms in total. The summed E-state index contributed by atoms with van der Waals surface area (Å²) in [6.45, 7) is -1.49. The fourth-order valence-electron chi connectivity index (χ4n) is 1.15. The molecule has 0 spiro atoms. The van der Waals surface area contributed by atoms with E-state index >= 15 is 0 Å². The number of aliphatic carboxylic acids is 2. The fraction of sp³-hybridized carbons (Fsp3) is 0.200. The quantitative estimate of drug-likeness (QED) is 0.351. The van der Waals surface area contributed by atoms with Crippen molar-refractivity contribution in [3.8, 4) is 11.5 Å². The van der Waals surface area contributed by atoms with E-state index in [9.17, 15) is 18.0 Å². The molecule has 0 saturated carbocycles. The van der Waals surface area contributed by atoms with Gasteiger partial charge < -0.3 is 21.1 Å². The van der Waals surface area contributed by atoms with Crippen LogP contribution in [-0.4, -0.2) is 48.3 Å². The first-order valence-corrected chi connectivity index (χ1v) is 6.44. The molecule has 1 aromatic rings. The number of rotatable bonds is 7. The molecule has 112 valence electrons. The summed E-state index contributed by atoms with van der Waals surface area (Å²) < 4.78 is 40.5. The molecular weight excluding hydrogens is 319 g/mol. The van der Waals surface area contributed by atoms with E-state index in [2.05, 4.69) is 0 Å². The van der Waals surface area contributed by atoms with Gasteiger partial charge in [-0.1, -0.05) is 0 Å². The van der Waals surface area contributed by atoms with Crippen LogP contribution >= 0.6 is 0 Å². The third kappa shape index (κ3) is 7.29. The van der Waals surface area contributed by atoms with Crippen LogP contribution in [-0.2, 0) is 19.7 Å². The molecule has 0 radical (unpaired) electrons. The van der Waals surface area contributed by atoms with E-state index in [1.54, 1.807) is 0 Å². The maximum Gasteiger partial charge on any atom is 1.00 e. The van der Waals surface area contributed by atoms with Gasteiger partial charge >= 0.3 is 41.5 Å². The minimum absolute atomic E-state index is 0. The van der Waals surface area contributed by atoms with Gasteiger partial charge in [-0.3, -0.25) is 4.55 Å².